The van der Waals surface area contributed by atoms with Gasteiger partial charge in [0.15, 0.2) is 31.1 Å². The predicted molar refractivity (Wildman–Crippen MR) is 274 cm³/mol. The Balaban J connectivity index is 2.00. The first kappa shape index (κ1) is 57.7. The molecule has 3 rings (SSSR count). The number of esters is 1. The summed E-state index contributed by atoms with van der Waals surface area (Å²) >= 11 is 0. The van der Waals surface area contributed by atoms with Gasteiger partial charge in [-0.05, 0) is 106 Å². The molecule has 0 bridgehead atoms. The molecule has 3 aliphatic rings. The number of aliphatic hydroxyl groups is 1. The zero-order valence-electron chi connectivity index (χ0n) is 43.9. The van der Waals surface area contributed by atoms with Crippen LogP contribution in [0.2, 0.25) is 54.4 Å². The van der Waals surface area contributed by atoms with Gasteiger partial charge < -0.3 is 42.8 Å². The van der Waals surface area contributed by atoms with E-state index in [1.54, 1.807) is 17.9 Å². The number of allylic oxidation sites excluding steroid dienone is 2. The number of epoxide rings is 1. The van der Waals surface area contributed by atoms with Crippen LogP contribution in [0.25, 0.3) is 0 Å². The molecule has 3 heterocycles. The monoisotopic (exact) mass is 965 g/mol. The average Bonchev–Trinajstić information content (AvgIpc) is 4.08. The van der Waals surface area contributed by atoms with Crippen LogP contribution in [0.15, 0.2) is 36.0 Å². The van der Waals surface area contributed by atoms with E-state index in [1.807, 2.05) is 19.9 Å². The summed E-state index contributed by atoms with van der Waals surface area (Å²) in [5.74, 6) is -0.334. The fourth-order valence-electron chi connectivity index (χ4n) is 10.3. The van der Waals surface area contributed by atoms with Crippen molar-refractivity contribution >= 4 is 37.0 Å². The Morgan fingerprint density at radius 2 is 1.51 bits per heavy atom. The Morgan fingerprint density at radius 1 is 0.938 bits per heavy atom. The lowest BCUT2D eigenvalue weighted by atomic mass is 9.88. The lowest BCUT2D eigenvalue weighted by Crippen LogP contribution is -2.50. The number of hydrogen-bond donors (Lipinski definition) is 2. The molecule has 0 aromatic rings. The number of nitrogens with one attached hydrogen (secondary N) is 1. The highest BCUT2D eigenvalue weighted by atomic mass is 28.4. The number of amides is 1. The Kier molecular flexibility index (Phi) is 23.4. The van der Waals surface area contributed by atoms with Crippen LogP contribution in [0, 0.1) is 11.8 Å². The van der Waals surface area contributed by atoms with Gasteiger partial charge in [0.05, 0.1) is 30.3 Å². The van der Waals surface area contributed by atoms with Gasteiger partial charge in [0, 0.05) is 50.5 Å². The summed E-state index contributed by atoms with van der Waals surface area (Å²) in [6, 6.07) is 9.33. The van der Waals surface area contributed by atoms with Crippen LogP contribution in [0.3, 0.4) is 0 Å². The van der Waals surface area contributed by atoms with Crippen molar-refractivity contribution in [1.29, 1.82) is 0 Å². The van der Waals surface area contributed by atoms with Crippen molar-refractivity contribution in [3.8, 4) is 0 Å². The summed E-state index contributed by atoms with van der Waals surface area (Å²) in [6.45, 7) is 35.2. The summed E-state index contributed by atoms with van der Waals surface area (Å²) < 4.78 is 40.5. The molecule has 376 valence electrons. The maximum atomic E-state index is 14.0. The third-order valence-corrected chi connectivity index (χ3v) is 30.1. The van der Waals surface area contributed by atoms with E-state index < -0.39 is 60.6 Å². The molecule has 3 aliphatic heterocycles. The molecule has 0 radical (unpaired) electrons. The molecular weight excluding hydrogens is 869 g/mol. The lowest BCUT2D eigenvalue weighted by Gasteiger charge is -2.39. The van der Waals surface area contributed by atoms with Crippen LogP contribution in [-0.4, -0.2) is 121 Å². The van der Waals surface area contributed by atoms with Gasteiger partial charge in [-0.25, -0.2) is 4.79 Å². The molecular formula is C51H96N2O9Si3. The molecule has 2 unspecified atom stereocenters. The Labute approximate surface area is 400 Å². The van der Waals surface area contributed by atoms with E-state index in [1.165, 1.54) is 0 Å². The van der Waals surface area contributed by atoms with Gasteiger partial charge in [0.25, 0.3) is 0 Å². The van der Waals surface area contributed by atoms with E-state index in [0.717, 1.165) is 72.8 Å². The van der Waals surface area contributed by atoms with Gasteiger partial charge in [-0.2, -0.15) is 0 Å². The second kappa shape index (κ2) is 26.4. The Hall–Kier alpha value is -1.63. The minimum Gasteiger partial charge on any atom is -0.457 e. The van der Waals surface area contributed by atoms with Gasteiger partial charge in [0.2, 0.25) is 0 Å². The molecule has 0 aromatic heterocycles. The maximum absolute atomic E-state index is 14.0. The van der Waals surface area contributed by atoms with Crippen LogP contribution in [0.1, 0.15) is 136 Å². The van der Waals surface area contributed by atoms with E-state index in [9.17, 15) is 14.7 Å². The number of cyclic esters (lactones) is 1. The van der Waals surface area contributed by atoms with Crippen molar-refractivity contribution in [3.63, 3.8) is 0 Å². The minimum atomic E-state index is -2.14. The summed E-state index contributed by atoms with van der Waals surface area (Å²) in [5, 5.41) is 15.4. The van der Waals surface area contributed by atoms with E-state index in [0.29, 0.717) is 32.6 Å². The highest BCUT2D eigenvalue weighted by Gasteiger charge is 2.51. The first-order chi connectivity index (χ1) is 30.8. The molecule has 11 nitrogen and oxygen atoms in total. The van der Waals surface area contributed by atoms with E-state index in [4.69, 9.17) is 27.5 Å². The smallest absolute Gasteiger partial charge is 0.410 e. The standard InChI is InChI=1S/C51H96N2O9Si3/c1-16-43(61-64(20-5,21-6)22-7)41(13)48-44(57-48)38-50(14,62-65(23-8,24-9)25-10)31-26-27-39(11)47-40(12)28-29-45(58-49(55)53-35-33-52-34-36-53)51(15,56)32-30-42(37-46(54)59-47)60-63(17-2,18-3)19-4/h26-29,31,40-45,47-48,52,56H,16-25,30,32-38H2,1-15H3/b29-28+,31-26+,39-27+/t40-,41+,42?,43-,44+,45-,47+,48+,50?,51+/m0/s1. The van der Waals surface area contributed by atoms with E-state index >= 15 is 0 Å². The third kappa shape index (κ3) is 16.2. The molecule has 0 aliphatic carbocycles. The van der Waals surface area contributed by atoms with Crippen molar-refractivity contribution in [1.82, 2.24) is 10.2 Å². The van der Waals surface area contributed by atoms with Crippen molar-refractivity contribution in [2.24, 2.45) is 11.8 Å². The van der Waals surface area contributed by atoms with Crippen LogP contribution >= 0.6 is 0 Å². The molecule has 0 spiro atoms. The zero-order chi connectivity index (χ0) is 48.6. The molecule has 65 heavy (non-hydrogen) atoms. The molecule has 14 heteroatoms. The maximum Gasteiger partial charge on any atom is 0.410 e. The molecule has 2 saturated heterocycles. The fraction of sp³-hybridized carbons (Fsp3) is 0.843. The number of hydrogen-bond acceptors (Lipinski definition) is 10. The summed E-state index contributed by atoms with van der Waals surface area (Å²) in [6.07, 6.45) is 10.6. The minimum absolute atomic E-state index is 0.0777. The molecule has 2 N–H and O–H groups in total. The van der Waals surface area contributed by atoms with Crippen LogP contribution in [0.5, 0.6) is 0 Å². The van der Waals surface area contributed by atoms with Crippen molar-refractivity contribution < 1.29 is 42.2 Å². The average molecular weight is 966 g/mol. The van der Waals surface area contributed by atoms with Crippen molar-refractivity contribution in [3.05, 3.63) is 36.0 Å². The topological polar surface area (TPSA) is 128 Å². The van der Waals surface area contributed by atoms with Crippen LogP contribution in [0.4, 0.5) is 4.79 Å². The zero-order valence-corrected chi connectivity index (χ0v) is 46.9. The highest BCUT2D eigenvalue weighted by molar-refractivity contribution is 6.74. The number of ether oxygens (including phenoxy) is 3. The van der Waals surface area contributed by atoms with Crippen molar-refractivity contribution in [2.45, 2.75) is 238 Å². The molecule has 10 atom stereocenters. The lowest BCUT2D eigenvalue weighted by molar-refractivity contribution is -0.151. The van der Waals surface area contributed by atoms with Gasteiger partial charge in [0.1, 0.15) is 11.7 Å². The highest BCUT2D eigenvalue weighted by Crippen LogP contribution is 2.43. The fourth-order valence-corrected chi connectivity index (χ4v) is 19.3. The van der Waals surface area contributed by atoms with E-state index in [-0.39, 0.29) is 49.0 Å². The number of carbonyl (C=O) groups is 2. The number of nitrogens with zero attached hydrogens (tertiary/aromatic N) is 1. The van der Waals surface area contributed by atoms with Gasteiger partial charge in [-0.3, -0.25) is 4.79 Å². The predicted octanol–water partition coefficient (Wildman–Crippen LogP) is 11.7. The first-order valence-electron chi connectivity index (χ1n) is 26.1. The normalized spacial score (nSPS) is 29.0. The second-order valence-corrected chi connectivity index (χ2v) is 34.4. The SMILES string of the molecule is CC[C@H](O[Si](CC)(CC)CC)[C@@H](C)[C@H]1O[C@@H]1CC(C)(/C=C/C=C(\C)[C@H]1OC(=O)CC(O[Si](CC)(CC)CC)CC[C@@](C)(O)[C@@H](OC(=O)N2CCNCC2)/C=C/[C@@H]1C)O[Si](CC)(CC)CC. The van der Waals surface area contributed by atoms with Crippen LogP contribution in [-0.2, 0) is 32.3 Å². The number of carbonyl (C=O) groups excluding carboxylic acids is 2. The van der Waals surface area contributed by atoms with E-state index in [2.05, 4.69) is 107 Å². The number of rotatable bonds is 24. The summed E-state index contributed by atoms with van der Waals surface area (Å²) in [7, 11) is -5.96. The first-order valence-corrected chi connectivity index (χ1v) is 33.7. The number of piperazine rings is 1. The summed E-state index contributed by atoms with van der Waals surface area (Å²) in [4.78, 5) is 29.2. The van der Waals surface area contributed by atoms with Crippen LogP contribution < -0.4 is 5.32 Å². The molecule has 2 fully saturated rings. The molecule has 0 aromatic carbocycles. The van der Waals surface area contributed by atoms with Crippen molar-refractivity contribution in [2.75, 3.05) is 26.2 Å². The Morgan fingerprint density at radius 3 is 2.05 bits per heavy atom. The quantitative estimate of drug-likeness (QED) is 0.0317. The Bertz CT molecular complexity index is 1520. The van der Waals surface area contributed by atoms with Gasteiger partial charge >= 0.3 is 12.1 Å². The second-order valence-electron chi connectivity index (χ2n) is 20.2. The molecule has 0 saturated carbocycles. The largest absolute Gasteiger partial charge is 0.457 e. The third-order valence-electron chi connectivity index (χ3n) is 16.0. The molecule has 1 amide bonds. The summed E-state index contributed by atoms with van der Waals surface area (Å²) in [5.41, 5.74) is -1.09. The van der Waals surface area contributed by atoms with Gasteiger partial charge in [-0.1, -0.05) is 107 Å². The van der Waals surface area contributed by atoms with Gasteiger partial charge in [-0.15, -0.1) is 0 Å².